The lowest BCUT2D eigenvalue weighted by atomic mass is 9.75. The molecule has 0 heterocycles. The fraction of sp³-hybridized carbons (Fsp3) is 0.545. The van der Waals surface area contributed by atoms with Crippen LogP contribution in [0, 0.1) is 5.41 Å². The van der Waals surface area contributed by atoms with Crippen LogP contribution in [0.5, 0.6) is 5.75 Å². The first-order valence-electron chi connectivity index (χ1n) is 8.95. The van der Waals surface area contributed by atoms with Crippen LogP contribution in [0.1, 0.15) is 59.1 Å². The van der Waals surface area contributed by atoms with Crippen LogP contribution in [0.4, 0.5) is 0 Å². The number of rotatable bonds is 3. The van der Waals surface area contributed by atoms with Crippen LogP contribution in [0.15, 0.2) is 35.6 Å². The van der Waals surface area contributed by atoms with Gasteiger partial charge in [-0.3, -0.25) is 0 Å². The first-order valence-corrected chi connectivity index (χ1v) is 8.95. The highest BCUT2D eigenvalue weighted by Gasteiger charge is 2.40. The van der Waals surface area contributed by atoms with Crippen molar-refractivity contribution in [1.29, 1.82) is 0 Å². The summed E-state index contributed by atoms with van der Waals surface area (Å²) in [6, 6.07) is 5.62. The van der Waals surface area contributed by atoms with Gasteiger partial charge in [-0.05, 0) is 28.0 Å². The number of aliphatic hydroxyl groups excluding tert-OH is 1. The molecule has 0 aromatic heterocycles. The molecule has 0 bridgehead atoms. The summed E-state index contributed by atoms with van der Waals surface area (Å²) in [5, 5.41) is 22.0. The topological polar surface area (TPSA) is 58.9 Å². The van der Waals surface area contributed by atoms with Crippen LogP contribution >= 0.6 is 0 Å². The molecule has 144 valence electrons. The number of phenols is 1. The van der Waals surface area contributed by atoms with Gasteiger partial charge in [0.1, 0.15) is 11.5 Å². The molecule has 0 fully saturated rings. The third kappa shape index (κ3) is 3.67. The molecule has 1 aromatic carbocycles. The van der Waals surface area contributed by atoms with Crippen LogP contribution in [0.25, 0.3) is 5.57 Å². The molecule has 0 saturated carbocycles. The van der Waals surface area contributed by atoms with Gasteiger partial charge in [0.05, 0.1) is 0 Å². The van der Waals surface area contributed by atoms with Gasteiger partial charge in [0, 0.05) is 31.8 Å². The number of ether oxygens (including phenoxy) is 2. The Kier molecular flexibility index (Phi) is 5.33. The number of para-hydroxylation sites is 1. The zero-order valence-corrected chi connectivity index (χ0v) is 17.2. The van der Waals surface area contributed by atoms with Crippen molar-refractivity contribution in [3.63, 3.8) is 0 Å². The summed E-state index contributed by atoms with van der Waals surface area (Å²) in [6.45, 7) is 12.3. The summed E-state index contributed by atoms with van der Waals surface area (Å²) in [6.07, 6.45) is 2.19. The maximum Gasteiger partial charge on any atom is 0.192 e. The van der Waals surface area contributed by atoms with E-state index in [1.165, 1.54) is 0 Å². The molecule has 2 rings (SSSR count). The highest BCUT2D eigenvalue weighted by Crippen LogP contribution is 2.47. The quantitative estimate of drug-likeness (QED) is 0.716. The van der Waals surface area contributed by atoms with Gasteiger partial charge in [-0.15, -0.1) is 0 Å². The summed E-state index contributed by atoms with van der Waals surface area (Å²) in [5.74, 6) is -0.619. The number of hydrogen-bond acceptors (Lipinski definition) is 4. The Labute approximate surface area is 157 Å². The summed E-state index contributed by atoms with van der Waals surface area (Å²) >= 11 is 0. The van der Waals surface area contributed by atoms with Crippen molar-refractivity contribution >= 4 is 5.57 Å². The van der Waals surface area contributed by atoms with E-state index in [2.05, 4.69) is 0 Å². The average Bonchev–Trinajstić information content (AvgIpc) is 2.54. The fourth-order valence-corrected chi connectivity index (χ4v) is 3.37. The minimum Gasteiger partial charge on any atom is -0.507 e. The molecule has 1 aliphatic rings. The molecule has 4 heteroatoms. The molecule has 1 aliphatic carbocycles. The van der Waals surface area contributed by atoms with Gasteiger partial charge in [0.15, 0.2) is 5.79 Å². The number of phenolic OH excluding ortho intramolecular Hbond substituents is 1. The smallest absolute Gasteiger partial charge is 0.192 e. The maximum absolute atomic E-state index is 11.0. The first-order chi connectivity index (χ1) is 11.9. The Morgan fingerprint density at radius 1 is 0.923 bits per heavy atom. The van der Waals surface area contributed by atoms with E-state index in [0.29, 0.717) is 17.6 Å². The van der Waals surface area contributed by atoms with E-state index < -0.39 is 5.79 Å². The monoisotopic (exact) mass is 360 g/mol. The van der Waals surface area contributed by atoms with Gasteiger partial charge >= 0.3 is 0 Å². The van der Waals surface area contributed by atoms with E-state index in [1.54, 1.807) is 20.3 Å². The highest BCUT2D eigenvalue weighted by molar-refractivity contribution is 5.83. The van der Waals surface area contributed by atoms with Crippen LogP contribution in [0.2, 0.25) is 0 Å². The SMILES string of the molecule is COC1(OC)C=C(c2cccc(C(C)(C)C)c2O)C(O)=C(C(C)(C)C)C1. The molecule has 26 heavy (non-hydrogen) atoms. The number of methoxy groups -OCH3 is 2. The van der Waals surface area contributed by atoms with Gasteiger partial charge < -0.3 is 19.7 Å². The predicted molar refractivity (Wildman–Crippen MR) is 105 cm³/mol. The third-order valence-electron chi connectivity index (χ3n) is 5.06. The maximum atomic E-state index is 11.0. The van der Waals surface area contributed by atoms with Crippen LogP contribution in [0.3, 0.4) is 0 Å². The van der Waals surface area contributed by atoms with Gasteiger partial charge in [-0.1, -0.05) is 59.7 Å². The largest absolute Gasteiger partial charge is 0.507 e. The fourth-order valence-electron chi connectivity index (χ4n) is 3.37. The van der Waals surface area contributed by atoms with Crippen molar-refractivity contribution in [2.75, 3.05) is 14.2 Å². The van der Waals surface area contributed by atoms with Crippen LogP contribution in [-0.2, 0) is 14.9 Å². The van der Waals surface area contributed by atoms with Crippen molar-refractivity contribution in [2.24, 2.45) is 5.41 Å². The number of aromatic hydroxyl groups is 1. The lowest BCUT2D eigenvalue weighted by molar-refractivity contribution is -0.171. The standard InChI is InChI=1S/C22H32O4/c1-20(2,3)16-11-9-10-14(18(16)23)15-12-22(25-7,26-8)13-17(19(15)24)21(4,5)6/h9-12,23-24H,13H2,1-8H3. The third-order valence-corrected chi connectivity index (χ3v) is 5.06. The molecular weight excluding hydrogens is 328 g/mol. The minimum absolute atomic E-state index is 0.175. The Bertz CT molecular complexity index is 738. The van der Waals surface area contributed by atoms with Crippen LogP contribution < -0.4 is 0 Å². The van der Waals surface area contributed by atoms with Crippen molar-refractivity contribution in [2.45, 2.75) is 59.2 Å². The van der Waals surface area contributed by atoms with E-state index >= 15 is 0 Å². The normalized spacial score (nSPS) is 18.1. The molecule has 0 aliphatic heterocycles. The van der Waals surface area contributed by atoms with E-state index in [0.717, 1.165) is 11.1 Å². The second-order valence-corrected chi connectivity index (χ2v) is 8.98. The molecule has 0 amide bonds. The zero-order chi connectivity index (χ0) is 19.9. The molecule has 2 N–H and O–H groups in total. The van der Waals surface area contributed by atoms with Crippen molar-refractivity contribution in [3.05, 3.63) is 46.7 Å². The Hall–Kier alpha value is -1.78. The minimum atomic E-state index is -0.978. The molecule has 0 atom stereocenters. The Morgan fingerprint density at radius 2 is 1.50 bits per heavy atom. The number of aliphatic hydroxyl groups is 1. The Balaban J connectivity index is 2.77. The predicted octanol–water partition coefficient (Wildman–Crippen LogP) is 5.32. The van der Waals surface area contributed by atoms with Crippen molar-refractivity contribution < 1.29 is 19.7 Å². The van der Waals surface area contributed by atoms with Gasteiger partial charge in [0.2, 0.25) is 0 Å². The number of allylic oxidation sites excluding steroid dienone is 1. The van der Waals surface area contributed by atoms with E-state index in [9.17, 15) is 10.2 Å². The van der Waals surface area contributed by atoms with Crippen molar-refractivity contribution in [1.82, 2.24) is 0 Å². The van der Waals surface area contributed by atoms with Gasteiger partial charge in [0.25, 0.3) is 0 Å². The molecule has 0 unspecified atom stereocenters. The number of benzene rings is 1. The van der Waals surface area contributed by atoms with E-state index in [1.807, 2.05) is 59.7 Å². The molecule has 0 saturated heterocycles. The zero-order valence-electron chi connectivity index (χ0n) is 17.2. The van der Waals surface area contributed by atoms with Gasteiger partial charge in [-0.2, -0.15) is 0 Å². The molecule has 1 aromatic rings. The average molecular weight is 360 g/mol. The second-order valence-electron chi connectivity index (χ2n) is 8.98. The van der Waals surface area contributed by atoms with Gasteiger partial charge in [-0.25, -0.2) is 0 Å². The summed E-state index contributed by atoms with van der Waals surface area (Å²) in [5.41, 5.74) is 2.28. The lowest BCUT2D eigenvalue weighted by Gasteiger charge is -2.38. The summed E-state index contributed by atoms with van der Waals surface area (Å²) in [7, 11) is 3.18. The molecule has 0 spiro atoms. The van der Waals surface area contributed by atoms with Crippen molar-refractivity contribution in [3.8, 4) is 5.75 Å². The Morgan fingerprint density at radius 3 is 1.96 bits per heavy atom. The summed E-state index contributed by atoms with van der Waals surface area (Å²) < 4.78 is 11.3. The van der Waals surface area contributed by atoms with E-state index in [4.69, 9.17) is 9.47 Å². The van der Waals surface area contributed by atoms with Crippen LogP contribution in [-0.4, -0.2) is 30.2 Å². The number of hydrogen-bond donors (Lipinski definition) is 2. The van der Waals surface area contributed by atoms with E-state index in [-0.39, 0.29) is 22.3 Å². The molecule has 0 radical (unpaired) electrons. The second kappa shape index (κ2) is 6.75. The lowest BCUT2D eigenvalue weighted by Crippen LogP contribution is -2.37. The first kappa shape index (κ1) is 20.5. The summed E-state index contributed by atoms with van der Waals surface area (Å²) in [4.78, 5) is 0. The molecule has 4 nitrogen and oxygen atoms in total. The highest BCUT2D eigenvalue weighted by atomic mass is 16.7. The molecular formula is C22H32O4.